The number of hydrogen-bond acceptors (Lipinski definition) is 2. The van der Waals surface area contributed by atoms with Gasteiger partial charge >= 0.3 is 0 Å². The lowest BCUT2D eigenvalue weighted by Gasteiger charge is -2.27. The number of anilines is 1. The molecule has 20 heavy (non-hydrogen) atoms. The molecule has 1 saturated heterocycles. The second-order valence-corrected chi connectivity index (χ2v) is 5.75. The van der Waals surface area contributed by atoms with Crippen LogP contribution in [0.4, 0.5) is 5.69 Å². The Morgan fingerprint density at radius 1 is 1.30 bits per heavy atom. The zero-order chi connectivity index (χ0) is 13.2. The van der Waals surface area contributed by atoms with Gasteiger partial charge in [-0.05, 0) is 49.9 Å². The predicted molar refractivity (Wildman–Crippen MR) is 84.9 cm³/mol. The van der Waals surface area contributed by atoms with E-state index < -0.39 is 0 Å². The molecule has 0 bridgehead atoms. The normalized spacial score (nSPS) is 21.4. The van der Waals surface area contributed by atoms with E-state index in [1.54, 1.807) is 0 Å². The molecule has 4 heteroatoms. The van der Waals surface area contributed by atoms with Gasteiger partial charge in [-0.25, -0.2) is 0 Å². The average molecular weight is 295 g/mol. The summed E-state index contributed by atoms with van der Waals surface area (Å²) in [4.78, 5) is 14.7. The first-order chi connectivity index (χ1) is 9.25. The summed E-state index contributed by atoms with van der Waals surface area (Å²) in [5.41, 5.74) is 3.34. The van der Waals surface area contributed by atoms with Crippen molar-refractivity contribution in [3.8, 4) is 0 Å². The SMILES string of the molecule is CC1CCCCCN1C(=O)c1ccc2c(c1)CCN2.Cl. The van der Waals surface area contributed by atoms with Gasteiger partial charge in [-0.15, -0.1) is 12.4 Å². The van der Waals surface area contributed by atoms with Crippen LogP contribution in [-0.2, 0) is 6.42 Å². The van der Waals surface area contributed by atoms with Gasteiger partial charge in [-0.1, -0.05) is 12.8 Å². The van der Waals surface area contributed by atoms with E-state index >= 15 is 0 Å². The highest BCUT2D eigenvalue weighted by Crippen LogP contribution is 2.25. The zero-order valence-electron chi connectivity index (χ0n) is 12.0. The molecule has 1 fully saturated rings. The first-order valence-corrected chi connectivity index (χ1v) is 7.43. The lowest BCUT2D eigenvalue weighted by molar-refractivity contribution is 0.0698. The summed E-state index contributed by atoms with van der Waals surface area (Å²) in [6.45, 7) is 4.08. The molecule has 0 saturated carbocycles. The molecular weight excluding hydrogens is 272 g/mol. The van der Waals surface area contributed by atoms with Crippen LogP contribution < -0.4 is 5.32 Å². The van der Waals surface area contributed by atoms with Gasteiger partial charge in [-0.3, -0.25) is 4.79 Å². The van der Waals surface area contributed by atoms with Gasteiger partial charge in [0.2, 0.25) is 0 Å². The highest BCUT2D eigenvalue weighted by Gasteiger charge is 2.24. The molecule has 110 valence electrons. The second kappa shape index (κ2) is 6.49. The van der Waals surface area contributed by atoms with Crippen LogP contribution in [-0.4, -0.2) is 29.9 Å². The van der Waals surface area contributed by atoms with Gasteiger partial charge in [0.05, 0.1) is 0 Å². The minimum Gasteiger partial charge on any atom is -0.384 e. The Morgan fingerprint density at radius 3 is 3.00 bits per heavy atom. The van der Waals surface area contributed by atoms with Gasteiger partial charge in [0.15, 0.2) is 0 Å². The Hall–Kier alpha value is -1.22. The Kier molecular flexibility index (Phi) is 4.92. The monoisotopic (exact) mass is 294 g/mol. The number of amides is 1. The summed E-state index contributed by atoms with van der Waals surface area (Å²) in [6, 6.07) is 6.48. The molecule has 1 amide bonds. The van der Waals surface area contributed by atoms with Crippen LogP contribution in [0.1, 0.15) is 48.5 Å². The van der Waals surface area contributed by atoms with E-state index in [0.29, 0.717) is 6.04 Å². The number of nitrogens with zero attached hydrogens (tertiary/aromatic N) is 1. The van der Waals surface area contributed by atoms with Crippen molar-refractivity contribution >= 4 is 24.0 Å². The molecule has 1 atom stereocenters. The van der Waals surface area contributed by atoms with E-state index in [4.69, 9.17) is 0 Å². The fraction of sp³-hybridized carbons (Fsp3) is 0.562. The number of rotatable bonds is 1. The number of hydrogen-bond donors (Lipinski definition) is 1. The van der Waals surface area contributed by atoms with Gasteiger partial charge in [-0.2, -0.15) is 0 Å². The molecule has 0 aromatic heterocycles. The summed E-state index contributed by atoms with van der Waals surface area (Å²) in [5, 5.41) is 3.34. The highest BCUT2D eigenvalue weighted by atomic mass is 35.5. The molecular formula is C16H23ClN2O. The minimum atomic E-state index is 0. The summed E-state index contributed by atoms with van der Waals surface area (Å²) in [5.74, 6) is 0.212. The van der Waals surface area contributed by atoms with Crippen molar-refractivity contribution in [2.45, 2.75) is 45.1 Å². The zero-order valence-corrected chi connectivity index (χ0v) is 12.8. The molecule has 2 heterocycles. The van der Waals surface area contributed by atoms with Gasteiger partial charge in [0.1, 0.15) is 0 Å². The Labute approximate surface area is 127 Å². The Bertz CT molecular complexity index is 489. The first kappa shape index (κ1) is 15.2. The molecule has 0 spiro atoms. The smallest absolute Gasteiger partial charge is 0.254 e. The molecule has 0 radical (unpaired) electrons. The number of carbonyl (C=O) groups is 1. The molecule has 3 rings (SSSR count). The number of likely N-dealkylation sites (tertiary alicyclic amines) is 1. The number of benzene rings is 1. The van der Waals surface area contributed by atoms with Crippen LogP contribution in [0.5, 0.6) is 0 Å². The van der Waals surface area contributed by atoms with Crippen LogP contribution in [0.2, 0.25) is 0 Å². The average Bonchev–Trinajstić information content (AvgIpc) is 2.79. The van der Waals surface area contributed by atoms with E-state index in [1.165, 1.54) is 24.1 Å². The molecule has 2 aliphatic heterocycles. The lowest BCUT2D eigenvalue weighted by Crippen LogP contribution is -2.38. The molecule has 1 aromatic carbocycles. The molecule has 0 aliphatic carbocycles. The molecule has 3 nitrogen and oxygen atoms in total. The number of nitrogens with one attached hydrogen (secondary N) is 1. The van der Waals surface area contributed by atoms with Crippen LogP contribution in [0.25, 0.3) is 0 Å². The predicted octanol–water partition coefficient (Wildman–Crippen LogP) is 3.48. The molecule has 2 aliphatic rings. The molecule has 1 N–H and O–H groups in total. The summed E-state index contributed by atoms with van der Waals surface area (Å²) < 4.78 is 0. The summed E-state index contributed by atoms with van der Waals surface area (Å²) in [7, 11) is 0. The van der Waals surface area contributed by atoms with E-state index in [0.717, 1.165) is 37.9 Å². The molecule has 1 aromatic rings. The van der Waals surface area contributed by atoms with Gasteiger partial charge in [0, 0.05) is 30.4 Å². The number of fused-ring (bicyclic) bond motifs is 1. The maximum Gasteiger partial charge on any atom is 0.254 e. The van der Waals surface area contributed by atoms with E-state index in [2.05, 4.69) is 29.3 Å². The van der Waals surface area contributed by atoms with E-state index in [1.807, 2.05) is 6.07 Å². The Balaban J connectivity index is 0.00000147. The van der Waals surface area contributed by atoms with Gasteiger partial charge < -0.3 is 10.2 Å². The van der Waals surface area contributed by atoms with Crippen molar-refractivity contribution in [3.05, 3.63) is 29.3 Å². The second-order valence-electron chi connectivity index (χ2n) is 5.75. The van der Waals surface area contributed by atoms with Gasteiger partial charge in [0.25, 0.3) is 5.91 Å². The first-order valence-electron chi connectivity index (χ1n) is 7.43. The molecule has 1 unspecified atom stereocenters. The van der Waals surface area contributed by atoms with Crippen molar-refractivity contribution in [2.75, 3.05) is 18.4 Å². The van der Waals surface area contributed by atoms with Crippen molar-refractivity contribution in [1.82, 2.24) is 4.90 Å². The fourth-order valence-electron chi connectivity index (χ4n) is 3.18. The third-order valence-electron chi connectivity index (χ3n) is 4.38. The van der Waals surface area contributed by atoms with Crippen molar-refractivity contribution in [1.29, 1.82) is 0 Å². The standard InChI is InChI=1S/C16H22N2O.ClH/c1-12-5-3-2-4-10-18(12)16(19)14-6-7-15-13(11-14)8-9-17-15;/h6-7,11-12,17H,2-5,8-10H2,1H3;1H. The highest BCUT2D eigenvalue weighted by molar-refractivity contribution is 5.95. The third kappa shape index (κ3) is 2.93. The summed E-state index contributed by atoms with van der Waals surface area (Å²) in [6.07, 6.45) is 5.81. The number of carbonyl (C=O) groups excluding carboxylic acids is 1. The van der Waals surface area contributed by atoms with Crippen LogP contribution in [0, 0.1) is 0 Å². The third-order valence-corrected chi connectivity index (χ3v) is 4.38. The van der Waals surface area contributed by atoms with Crippen molar-refractivity contribution in [2.24, 2.45) is 0 Å². The van der Waals surface area contributed by atoms with Crippen LogP contribution in [0.15, 0.2) is 18.2 Å². The Morgan fingerprint density at radius 2 is 2.15 bits per heavy atom. The largest absolute Gasteiger partial charge is 0.384 e. The maximum atomic E-state index is 12.7. The minimum absolute atomic E-state index is 0. The van der Waals surface area contributed by atoms with Crippen molar-refractivity contribution < 1.29 is 4.79 Å². The van der Waals surface area contributed by atoms with Crippen LogP contribution >= 0.6 is 12.4 Å². The van der Waals surface area contributed by atoms with Crippen LogP contribution in [0.3, 0.4) is 0 Å². The summed E-state index contributed by atoms with van der Waals surface area (Å²) >= 11 is 0. The quantitative estimate of drug-likeness (QED) is 0.860. The fourth-order valence-corrected chi connectivity index (χ4v) is 3.18. The number of halogens is 1. The van der Waals surface area contributed by atoms with E-state index in [9.17, 15) is 4.79 Å². The maximum absolute atomic E-state index is 12.7. The van der Waals surface area contributed by atoms with E-state index in [-0.39, 0.29) is 18.3 Å². The lowest BCUT2D eigenvalue weighted by atomic mass is 10.1. The van der Waals surface area contributed by atoms with Crippen molar-refractivity contribution in [3.63, 3.8) is 0 Å². The topological polar surface area (TPSA) is 32.3 Å².